The molecule has 1 aromatic carbocycles. The lowest BCUT2D eigenvalue weighted by Gasteiger charge is -1.97. The number of ketones is 1. The largest absolute Gasteiger partial charge is 0.294 e. The lowest BCUT2D eigenvalue weighted by atomic mass is 10.1. The Morgan fingerprint density at radius 3 is 3.00 bits per heavy atom. The highest BCUT2D eigenvalue weighted by molar-refractivity contribution is 9.09. The van der Waals surface area contributed by atoms with E-state index in [2.05, 4.69) is 27.8 Å². The third kappa shape index (κ3) is 1.73. The summed E-state index contributed by atoms with van der Waals surface area (Å²) in [6.07, 6.45) is 1.53. The van der Waals surface area contributed by atoms with E-state index in [1.54, 1.807) is 0 Å². The van der Waals surface area contributed by atoms with Crippen LogP contribution in [-0.2, 0) is 6.42 Å². The number of hydrogen-bond acceptors (Lipinski definition) is 1. The number of Topliss-reactive ketones (excluding diaryl/α,β-unsaturated/α-hetero) is 1. The van der Waals surface area contributed by atoms with Crippen molar-refractivity contribution in [3.8, 4) is 11.8 Å². The zero-order valence-electron chi connectivity index (χ0n) is 7.64. The highest BCUT2D eigenvalue weighted by Gasteiger charge is 2.18. The summed E-state index contributed by atoms with van der Waals surface area (Å²) < 4.78 is 0. The topological polar surface area (TPSA) is 17.1 Å². The maximum atomic E-state index is 11.3. The van der Waals surface area contributed by atoms with Crippen LogP contribution in [-0.4, -0.2) is 11.1 Å². The van der Waals surface area contributed by atoms with Gasteiger partial charge < -0.3 is 0 Å². The number of aryl methyl sites for hydroxylation is 1. The van der Waals surface area contributed by atoms with Crippen molar-refractivity contribution < 1.29 is 4.79 Å². The van der Waals surface area contributed by atoms with Crippen molar-refractivity contribution in [1.29, 1.82) is 0 Å². The fraction of sp³-hybridized carbons (Fsp3) is 0.250. The monoisotopic (exact) mass is 248 g/mol. The molecule has 0 radical (unpaired) electrons. The van der Waals surface area contributed by atoms with Gasteiger partial charge in [0.1, 0.15) is 0 Å². The average Bonchev–Trinajstić information content (AvgIpc) is 2.57. The van der Waals surface area contributed by atoms with Gasteiger partial charge >= 0.3 is 0 Å². The van der Waals surface area contributed by atoms with E-state index >= 15 is 0 Å². The maximum Gasteiger partial charge on any atom is 0.163 e. The van der Waals surface area contributed by atoms with Crippen molar-refractivity contribution in [3.63, 3.8) is 0 Å². The Bertz CT molecular complexity index is 437. The summed E-state index contributed by atoms with van der Waals surface area (Å²) >= 11 is 3.25. The first kappa shape index (κ1) is 9.48. The Hall–Kier alpha value is -1.07. The van der Waals surface area contributed by atoms with Crippen molar-refractivity contribution in [2.24, 2.45) is 0 Å². The quantitative estimate of drug-likeness (QED) is 0.510. The number of alkyl halides is 1. The minimum atomic E-state index is 0.264. The predicted octanol–water partition coefficient (Wildman–Crippen LogP) is 2.56. The van der Waals surface area contributed by atoms with Crippen LogP contribution >= 0.6 is 15.9 Å². The van der Waals surface area contributed by atoms with Gasteiger partial charge in [0.25, 0.3) is 0 Å². The number of fused-ring (bicyclic) bond motifs is 1. The van der Waals surface area contributed by atoms with Gasteiger partial charge in [-0.2, -0.15) is 0 Å². The van der Waals surface area contributed by atoms with Crippen molar-refractivity contribution in [1.82, 2.24) is 0 Å². The minimum absolute atomic E-state index is 0.264. The molecule has 0 bridgehead atoms. The smallest absolute Gasteiger partial charge is 0.163 e. The van der Waals surface area contributed by atoms with Crippen LogP contribution in [0.3, 0.4) is 0 Å². The van der Waals surface area contributed by atoms with E-state index in [4.69, 9.17) is 0 Å². The maximum absolute atomic E-state index is 11.3. The standard InChI is InChI=1S/C12H9BrO/c13-7-1-2-9-3-5-11-10(8-9)4-6-12(11)14/h3,5,8H,4,6-7H2. The van der Waals surface area contributed by atoms with E-state index in [0.717, 1.165) is 23.1 Å². The molecule has 0 saturated heterocycles. The SMILES string of the molecule is O=C1CCc2cc(C#CCBr)ccc21. The van der Waals surface area contributed by atoms with E-state index in [1.165, 1.54) is 0 Å². The minimum Gasteiger partial charge on any atom is -0.294 e. The third-order valence-electron chi connectivity index (χ3n) is 2.33. The fourth-order valence-corrected chi connectivity index (χ4v) is 1.81. The second-order valence-electron chi connectivity index (χ2n) is 3.23. The van der Waals surface area contributed by atoms with E-state index in [0.29, 0.717) is 11.8 Å². The Labute approximate surface area is 91.6 Å². The lowest BCUT2D eigenvalue weighted by Crippen LogP contribution is -1.90. The highest BCUT2D eigenvalue weighted by atomic mass is 79.9. The molecule has 0 aromatic heterocycles. The number of benzene rings is 1. The van der Waals surface area contributed by atoms with Gasteiger partial charge in [0.15, 0.2) is 5.78 Å². The van der Waals surface area contributed by atoms with Crippen LogP contribution in [0.15, 0.2) is 18.2 Å². The van der Waals surface area contributed by atoms with Crippen LogP contribution in [0.25, 0.3) is 0 Å². The zero-order valence-corrected chi connectivity index (χ0v) is 9.23. The summed E-state index contributed by atoms with van der Waals surface area (Å²) in [6.45, 7) is 0. The molecule has 0 spiro atoms. The number of hydrogen-bond donors (Lipinski definition) is 0. The molecule has 0 aliphatic heterocycles. The Morgan fingerprint density at radius 1 is 1.36 bits per heavy atom. The van der Waals surface area contributed by atoms with Gasteiger partial charge in [0.2, 0.25) is 0 Å². The molecule has 14 heavy (non-hydrogen) atoms. The molecule has 0 saturated carbocycles. The number of halogens is 1. The van der Waals surface area contributed by atoms with Gasteiger partial charge in [-0.05, 0) is 30.2 Å². The summed E-state index contributed by atoms with van der Waals surface area (Å²) in [7, 11) is 0. The predicted molar refractivity (Wildman–Crippen MR) is 59.8 cm³/mol. The Kier molecular flexibility index (Phi) is 2.69. The molecular formula is C12H9BrO. The molecule has 1 aliphatic rings. The second kappa shape index (κ2) is 3.98. The zero-order chi connectivity index (χ0) is 9.97. The summed E-state index contributed by atoms with van der Waals surface area (Å²) in [5.74, 6) is 6.24. The van der Waals surface area contributed by atoms with Crippen LogP contribution < -0.4 is 0 Å². The van der Waals surface area contributed by atoms with Gasteiger partial charge in [0, 0.05) is 17.5 Å². The molecule has 2 heteroatoms. The molecule has 0 amide bonds. The number of rotatable bonds is 0. The van der Waals surface area contributed by atoms with Crippen molar-refractivity contribution in [2.75, 3.05) is 5.33 Å². The molecule has 1 nitrogen and oxygen atoms in total. The van der Waals surface area contributed by atoms with Gasteiger partial charge in [-0.1, -0.05) is 27.8 Å². The molecule has 0 atom stereocenters. The van der Waals surface area contributed by atoms with Crippen LogP contribution in [0.5, 0.6) is 0 Å². The van der Waals surface area contributed by atoms with E-state index < -0.39 is 0 Å². The summed E-state index contributed by atoms with van der Waals surface area (Å²) in [6, 6.07) is 5.83. The highest BCUT2D eigenvalue weighted by Crippen LogP contribution is 2.22. The molecular weight excluding hydrogens is 240 g/mol. The van der Waals surface area contributed by atoms with Crippen molar-refractivity contribution >= 4 is 21.7 Å². The first-order valence-corrected chi connectivity index (χ1v) is 5.64. The van der Waals surface area contributed by atoms with Gasteiger partial charge in [0.05, 0.1) is 5.33 Å². The van der Waals surface area contributed by atoms with Gasteiger partial charge in [-0.15, -0.1) is 0 Å². The lowest BCUT2D eigenvalue weighted by molar-refractivity contribution is 0.0994. The summed E-state index contributed by atoms with van der Waals surface area (Å²) in [5.41, 5.74) is 3.03. The molecule has 0 unspecified atom stereocenters. The van der Waals surface area contributed by atoms with Gasteiger partial charge in [-0.3, -0.25) is 4.79 Å². The molecule has 0 heterocycles. The average molecular weight is 249 g/mol. The van der Waals surface area contributed by atoms with E-state index in [9.17, 15) is 4.79 Å². The van der Waals surface area contributed by atoms with Crippen LogP contribution in [0.2, 0.25) is 0 Å². The van der Waals surface area contributed by atoms with Crippen LogP contribution in [0, 0.1) is 11.8 Å². The Morgan fingerprint density at radius 2 is 2.21 bits per heavy atom. The summed E-state index contributed by atoms with van der Waals surface area (Å²) in [5, 5.41) is 0.684. The first-order valence-electron chi connectivity index (χ1n) is 4.52. The van der Waals surface area contributed by atoms with E-state index in [-0.39, 0.29) is 5.78 Å². The first-order chi connectivity index (χ1) is 6.81. The molecule has 1 aromatic rings. The molecule has 0 fully saturated rings. The van der Waals surface area contributed by atoms with Crippen molar-refractivity contribution in [2.45, 2.75) is 12.8 Å². The number of carbonyl (C=O) groups excluding carboxylic acids is 1. The van der Waals surface area contributed by atoms with Gasteiger partial charge in [-0.25, -0.2) is 0 Å². The fourth-order valence-electron chi connectivity index (χ4n) is 1.67. The molecule has 70 valence electrons. The van der Waals surface area contributed by atoms with Crippen LogP contribution in [0.4, 0.5) is 0 Å². The molecule has 2 rings (SSSR count). The van der Waals surface area contributed by atoms with Crippen LogP contribution in [0.1, 0.15) is 27.9 Å². The second-order valence-corrected chi connectivity index (χ2v) is 3.79. The van der Waals surface area contributed by atoms with Crippen molar-refractivity contribution in [3.05, 3.63) is 34.9 Å². The molecule has 0 N–H and O–H groups in total. The molecule has 1 aliphatic carbocycles. The normalized spacial score (nSPS) is 13.4. The third-order valence-corrected chi connectivity index (χ3v) is 2.61. The number of carbonyl (C=O) groups is 1. The summed E-state index contributed by atoms with van der Waals surface area (Å²) in [4.78, 5) is 11.3. The Balaban J connectivity index is 2.37. The van der Waals surface area contributed by atoms with E-state index in [1.807, 2.05) is 18.2 Å².